The number of amides is 1. The molecular formula is C29H27Cl2N5O5. The summed E-state index contributed by atoms with van der Waals surface area (Å²) in [6.45, 7) is 2.02. The van der Waals surface area contributed by atoms with E-state index >= 15 is 0 Å². The number of nitrogens with zero attached hydrogens (tertiary/aromatic N) is 3. The van der Waals surface area contributed by atoms with Crippen molar-refractivity contribution in [1.29, 1.82) is 0 Å². The van der Waals surface area contributed by atoms with Gasteiger partial charge >= 0.3 is 0 Å². The maximum atomic E-state index is 13.9. The molecule has 3 aromatic carbocycles. The second kappa shape index (κ2) is 12.0. The summed E-state index contributed by atoms with van der Waals surface area (Å²) >= 11 is 12.3. The first kappa shape index (κ1) is 28.1. The first-order valence-electron chi connectivity index (χ1n) is 12.5. The Kier molecular flexibility index (Phi) is 8.23. The van der Waals surface area contributed by atoms with Crippen LogP contribution in [0.2, 0.25) is 10.0 Å². The van der Waals surface area contributed by atoms with Crippen molar-refractivity contribution >= 4 is 40.7 Å². The summed E-state index contributed by atoms with van der Waals surface area (Å²) in [5, 5.41) is 11.6. The third kappa shape index (κ3) is 5.75. The molecule has 10 nitrogen and oxygen atoms in total. The third-order valence-electron chi connectivity index (χ3n) is 6.60. The summed E-state index contributed by atoms with van der Waals surface area (Å²) in [6.07, 6.45) is 1.43. The molecule has 2 heterocycles. The van der Waals surface area contributed by atoms with Gasteiger partial charge in [-0.25, -0.2) is 4.68 Å². The number of aromatic nitrogens is 3. The van der Waals surface area contributed by atoms with Crippen molar-refractivity contribution in [2.45, 2.75) is 19.6 Å². The maximum absolute atomic E-state index is 13.9. The molecule has 1 atom stereocenters. The van der Waals surface area contributed by atoms with Gasteiger partial charge in [0.2, 0.25) is 5.95 Å². The van der Waals surface area contributed by atoms with Crippen LogP contribution in [0.25, 0.3) is 0 Å². The van der Waals surface area contributed by atoms with Gasteiger partial charge in [-0.15, -0.1) is 0 Å². The van der Waals surface area contributed by atoms with Crippen molar-refractivity contribution in [1.82, 2.24) is 14.8 Å². The van der Waals surface area contributed by atoms with Gasteiger partial charge in [-0.1, -0.05) is 35.3 Å². The van der Waals surface area contributed by atoms with Crippen LogP contribution >= 0.6 is 23.2 Å². The Morgan fingerprint density at radius 2 is 1.76 bits per heavy atom. The number of nitrogens with one attached hydrogen (secondary N) is 2. The monoisotopic (exact) mass is 595 g/mol. The minimum absolute atomic E-state index is 0.210. The van der Waals surface area contributed by atoms with Crippen LogP contribution in [0.3, 0.4) is 0 Å². The average molecular weight is 596 g/mol. The molecule has 0 saturated heterocycles. The minimum atomic E-state index is -0.626. The van der Waals surface area contributed by atoms with E-state index < -0.39 is 6.04 Å². The molecule has 5 rings (SSSR count). The molecular weight excluding hydrogens is 569 g/mol. The molecule has 0 saturated carbocycles. The SMILES string of the molecule is COc1ccc(OC)c(NC(=O)C2=C(C)Nc3ncnn3[C@@H]2c2ccc(OCc3ccc(Cl)cc3Cl)c(OC)c2)c1. The van der Waals surface area contributed by atoms with Crippen LogP contribution in [0.1, 0.15) is 24.1 Å². The van der Waals surface area contributed by atoms with Crippen molar-refractivity contribution in [3.63, 3.8) is 0 Å². The average Bonchev–Trinajstić information content (AvgIpc) is 3.44. The lowest BCUT2D eigenvalue weighted by Crippen LogP contribution is -2.31. The second-order valence-corrected chi connectivity index (χ2v) is 9.89. The standard InChI is InChI=1S/C29H27Cl2N5O5/c1-16-26(28(37)35-22-13-20(38-2)8-10-23(22)39-3)27(36-29(34-16)32-15-33-36)17-6-9-24(25(11-17)40-4)41-14-18-5-7-19(30)12-21(18)31/h5-13,15,27H,14H2,1-4H3,(H,35,37)(H,32,33,34)/t27-/m1/s1. The Bertz CT molecular complexity index is 1640. The Morgan fingerprint density at radius 1 is 0.976 bits per heavy atom. The molecule has 0 unspecified atom stereocenters. The van der Waals surface area contributed by atoms with Crippen molar-refractivity contribution in [3.05, 3.63) is 93.4 Å². The highest BCUT2D eigenvalue weighted by atomic mass is 35.5. The zero-order chi connectivity index (χ0) is 29.1. The highest BCUT2D eigenvalue weighted by Crippen LogP contribution is 2.40. The fourth-order valence-electron chi connectivity index (χ4n) is 4.56. The van der Waals surface area contributed by atoms with E-state index in [1.54, 1.807) is 55.3 Å². The topological polar surface area (TPSA) is 109 Å². The summed E-state index contributed by atoms with van der Waals surface area (Å²) in [7, 11) is 4.64. The minimum Gasteiger partial charge on any atom is -0.497 e. The van der Waals surface area contributed by atoms with Crippen molar-refractivity contribution < 1.29 is 23.7 Å². The molecule has 1 aliphatic rings. The van der Waals surface area contributed by atoms with E-state index in [1.807, 2.05) is 25.1 Å². The number of hydrogen-bond donors (Lipinski definition) is 2. The molecule has 0 radical (unpaired) electrons. The molecule has 41 heavy (non-hydrogen) atoms. The molecule has 2 N–H and O–H groups in total. The van der Waals surface area contributed by atoms with Crippen molar-refractivity contribution in [2.24, 2.45) is 0 Å². The number of anilines is 2. The van der Waals surface area contributed by atoms with Gasteiger partial charge in [0.15, 0.2) is 11.5 Å². The Hall–Kier alpha value is -4.41. The van der Waals surface area contributed by atoms with E-state index in [2.05, 4.69) is 20.7 Å². The van der Waals surface area contributed by atoms with E-state index in [0.717, 1.165) is 11.1 Å². The van der Waals surface area contributed by atoms with Gasteiger partial charge in [-0.2, -0.15) is 10.1 Å². The summed E-state index contributed by atoms with van der Waals surface area (Å²) in [6, 6.07) is 15.2. The zero-order valence-corrected chi connectivity index (χ0v) is 24.2. The fourth-order valence-corrected chi connectivity index (χ4v) is 5.03. The highest BCUT2D eigenvalue weighted by Gasteiger charge is 2.34. The van der Waals surface area contributed by atoms with Gasteiger partial charge in [0, 0.05) is 27.4 Å². The summed E-state index contributed by atoms with van der Waals surface area (Å²) in [4.78, 5) is 18.2. The van der Waals surface area contributed by atoms with Crippen molar-refractivity contribution in [2.75, 3.05) is 32.0 Å². The molecule has 1 amide bonds. The van der Waals surface area contributed by atoms with Gasteiger partial charge in [-0.3, -0.25) is 4.79 Å². The Labute approximate surface area is 246 Å². The molecule has 1 aromatic heterocycles. The van der Waals surface area contributed by atoms with Crippen LogP contribution in [0.5, 0.6) is 23.0 Å². The number of carbonyl (C=O) groups is 1. The summed E-state index contributed by atoms with van der Waals surface area (Å²) < 4.78 is 24.1. The fraction of sp³-hybridized carbons (Fsp3) is 0.207. The predicted octanol–water partition coefficient (Wildman–Crippen LogP) is 6.12. The number of benzene rings is 3. The Morgan fingerprint density at radius 3 is 2.49 bits per heavy atom. The summed E-state index contributed by atoms with van der Waals surface area (Å²) in [5.41, 5.74) is 3.01. The molecule has 0 aliphatic carbocycles. The van der Waals surface area contributed by atoms with E-state index in [1.165, 1.54) is 13.4 Å². The smallest absolute Gasteiger partial charge is 0.255 e. The lowest BCUT2D eigenvalue weighted by Gasteiger charge is -2.29. The lowest BCUT2D eigenvalue weighted by molar-refractivity contribution is -0.113. The number of halogens is 2. The molecule has 0 spiro atoms. The first-order chi connectivity index (χ1) is 19.8. The van der Waals surface area contributed by atoms with Crippen LogP contribution in [-0.4, -0.2) is 42.0 Å². The molecule has 0 fully saturated rings. The first-order valence-corrected chi connectivity index (χ1v) is 13.2. The quantitative estimate of drug-likeness (QED) is 0.238. The predicted molar refractivity (Wildman–Crippen MR) is 156 cm³/mol. The zero-order valence-electron chi connectivity index (χ0n) is 22.7. The second-order valence-electron chi connectivity index (χ2n) is 9.05. The van der Waals surface area contributed by atoms with Gasteiger partial charge in [-0.05, 0) is 48.9 Å². The maximum Gasteiger partial charge on any atom is 0.255 e. The molecule has 0 bridgehead atoms. The highest BCUT2D eigenvalue weighted by molar-refractivity contribution is 6.35. The normalized spacial score (nSPS) is 14.1. The van der Waals surface area contributed by atoms with Crippen LogP contribution in [0.15, 0.2) is 72.2 Å². The number of allylic oxidation sites excluding steroid dienone is 1. The molecule has 12 heteroatoms. The van der Waals surface area contributed by atoms with E-state index in [-0.39, 0.29) is 12.5 Å². The van der Waals surface area contributed by atoms with E-state index in [4.69, 9.17) is 42.1 Å². The van der Waals surface area contributed by atoms with E-state index in [0.29, 0.717) is 55.9 Å². The van der Waals surface area contributed by atoms with E-state index in [9.17, 15) is 4.79 Å². The number of methoxy groups -OCH3 is 3. The Balaban J connectivity index is 1.48. The number of hydrogen-bond acceptors (Lipinski definition) is 8. The number of fused-ring (bicyclic) bond motifs is 1. The molecule has 4 aromatic rings. The number of carbonyl (C=O) groups excluding carboxylic acids is 1. The largest absolute Gasteiger partial charge is 0.497 e. The van der Waals surface area contributed by atoms with Crippen LogP contribution in [-0.2, 0) is 11.4 Å². The molecule has 212 valence electrons. The van der Waals surface area contributed by atoms with Gasteiger partial charge in [0.25, 0.3) is 5.91 Å². The van der Waals surface area contributed by atoms with Crippen LogP contribution < -0.4 is 29.6 Å². The summed E-state index contributed by atoms with van der Waals surface area (Å²) in [5.74, 6) is 2.18. The third-order valence-corrected chi connectivity index (χ3v) is 7.18. The van der Waals surface area contributed by atoms with Gasteiger partial charge in [0.1, 0.15) is 30.5 Å². The number of rotatable bonds is 9. The van der Waals surface area contributed by atoms with Gasteiger partial charge in [0.05, 0.1) is 32.6 Å². The lowest BCUT2D eigenvalue weighted by atomic mass is 9.94. The number of ether oxygens (including phenoxy) is 4. The molecule has 1 aliphatic heterocycles. The van der Waals surface area contributed by atoms with Crippen LogP contribution in [0.4, 0.5) is 11.6 Å². The van der Waals surface area contributed by atoms with Crippen LogP contribution in [0, 0.1) is 0 Å². The van der Waals surface area contributed by atoms with Crippen molar-refractivity contribution in [3.8, 4) is 23.0 Å². The van der Waals surface area contributed by atoms with Gasteiger partial charge < -0.3 is 29.6 Å².